The second-order valence-electron chi connectivity index (χ2n) is 9.52. The quantitative estimate of drug-likeness (QED) is 0.197. The minimum Gasteiger partial charge on any atom is -0.458 e. The lowest BCUT2D eigenvalue weighted by atomic mass is 9.98. The number of carbonyl (C=O) groups is 1. The number of aromatic nitrogens is 6. The first-order valence-corrected chi connectivity index (χ1v) is 13.9. The van der Waals surface area contributed by atoms with Crippen LogP contribution < -0.4 is 5.32 Å². The second-order valence-corrected chi connectivity index (χ2v) is 9.88. The number of ether oxygens (including phenoxy) is 1. The Kier molecular flexibility index (Phi) is 10.2. The number of H-pyrrole nitrogens is 1. The fraction of sp³-hybridized carbons (Fsp3) is 0.414. The topological polar surface area (TPSA) is 111 Å². The molecule has 0 spiro atoms. The molecule has 2 heterocycles. The van der Waals surface area contributed by atoms with Crippen molar-refractivity contribution in [1.82, 2.24) is 35.5 Å². The van der Waals surface area contributed by atoms with E-state index in [1.807, 2.05) is 24.3 Å². The Morgan fingerprint density at radius 3 is 2.49 bits per heavy atom. The van der Waals surface area contributed by atoms with Crippen molar-refractivity contribution in [2.24, 2.45) is 0 Å². The molecule has 2 aromatic carbocycles. The number of nitrogens with one attached hydrogen (secondary N) is 2. The Labute approximate surface area is 234 Å². The number of hydrogen-bond acceptors (Lipinski definition) is 7. The Hall–Kier alpha value is -3.56. The van der Waals surface area contributed by atoms with Crippen molar-refractivity contribution in [2.45, 2.75) is 71.6 Å². The van der Waals surface area contributed by atoms with Crippen LogP contribution in [0.5, 0.6) is 0 Å². The van der Waals surface area contributed by atoms with Gasteiger partial charge < -0.3 is 14.6 Å². The van der Waals surface area contributed by atoms with Gasteiger partial charge >= 0.3 is 5.97 Å². The zero-order chi connectivity index (χ0) is 27.6. The number of likely N-dealkylation sites (N-methyl/N-ethyl adjacent to an activating group) is 1. The lowest BCUT2D eigenvalue weighted by Gasteiger charge is -2.17. The molecule has 1 unspecified atom stereocenters. The van der Waals surface area contributed by atoms with Crippen LogP contribution in [0.25, 0.3) is 22.5 Å². The van der Waals surface area contributed by atoms with Gasteiger partial charge in [0.1, 0.15) is 18.5 Å². The van der Waals surface area contributed by atoms with Crippen LogP contribution in [0.3, 0.4) is 0 Å². The molecule has 9 nitrogen and oxygen atoms in total. The average molecular weight is 550 g/mol. The van der Waals surface area contributed by atoms with Gasteiger partial charge in [-0.15, -0.1) is 10.2 Å². The monoisotopic (exact) mass is 549 g/mol. The van der Waals surface area contributed by atoms with Crippen LogP contribution in [-0.2, 0) is 29.1 Å². The molecule has 0 amide bonds. The van der Waals surface area contributed by atoms with Gasteiger partial charge in [0.15, 0.2) is 5.15 Å². The van der Waals surface area contributed by atoms with Gasteiger partial charge in [-0.05, 0) is 41.8 Å². The molecule has 0 bridgehead atoms. The number of rotatable bonds is 14. The SMILES string of the molecule is CCCCc1nc(Cl)c(COC(=O)C(CCCC)NC)n1Cc1ccc(-c2ccccc2-c2nn[nH]n2)cc1. The van der Waals surface area contributed by atoms with Crippen molar-refractivity contribution in [2.75, 3.05) is 7.05 Å². The summed E-state index contributed by atoms with van der Waals surface area (Å²) < 4.78 is 7.81. The first-order valence-electron chi connectivity index (χ1n) is 13.6. The molecule has 0 aliphatic rings. The van der Waals surface area contributed by atoms with Crippen LogP contribution in [0.4, 0.5) is 0 Å². The molecule has 10 heteroatoms. The third-order valence-electron chi connectivity index (χ3n) is 6.81. The number of hydrogen-bond donors (Lipinski definition) is 2. The molecule has 206 valence electrons. The highest BCUT2D eigenvalue weighted by Gasteiger charge is 2.21. The highest BCUT2D eigenvalue weighted by atomic mass is 35.5. The van der Waals surface area contributed by atoms with E-state index in [2.05, 4.69) is 73.6 Å². The number of nitrogens with zero attached hydrogens (tertiary/aromatic N) is 5. The number of carbonyl (C=O) groups excluding carboxylic acids is 1. The van der Waals surface area contributed by atoms with Gasteiger partial charge in [0, 0.05) is 18.5 Å². The standard InChI is InChI=1S/C29H36ClN7O2/c1-4-6-12-24(31-3)29(38)39-19-25-27(30)32-26(13-7-5-2)37(25)18-20-14-16-21(17-15-20)22-10-8-9-11-23(22)28-33-35-36-34-28/h8-11,14-17,24,31H,4-7,12-13,18-19H2,1-3H3,(H,33,34,35,36). The maximum Gasteiger partial charge on any atom is 0.323 e. The molecule has 0 saturated heterocycles. The minimum absolute atomic E-state index is 0.0806. The van der Waals surface area contributed by atoms with Crippen molar-refractivity contribution in [3.8, 4) is 22.5 Å². The lowest BCUT2D eigenvalue weighted by molar-refractivity contribution is -0.147. The number of halogens is 1. The average Bonchev–Trinajstić information content (AvgIpc) is 3.60. The molecule has 4 rings (SSSR count). The molecule has 0 fully saturated rings. The molecular formula is C29H36ClN7O2. The minimum atomic E-state index is -0.331. The van der Waals surface area contributed by atoms with Gasteiger partial charge in [-0.25, -0.2) is 4.98 Å². The highest BCUT2D eigenvalue weighted by molar-refractivity contribution is 6.30. The van der Waals surface area contributed by atoms with E-state index in [9.17, 15) is 4.79 Å². The molecule has 0 saturated carbocycles. The van der Waals surface area contributed by atoms with Crippen LogP contribution in [0.15, 0.2) is 48.5 Å². The number of esters is 1. The zero-order valence-electron chi connectivity index (χ0n) is 22.8. The number of benzene rings is 2. The van der Waals surface area contributed by atoms with Gasteiger partial charge in [-0.3, -0.25) is 4.79 Å². The van der Waals surface area contributed by atoms with Crippen molar-refractivity contribution < 1.29 is 9.53 Å². The third kappa shape index (κ3) is 7.10. The third-order valence-corrected chi connectivity index (χ3v) is 7.11. The van der Waals surface area contributed by atoms with E-state index in [0.29, 0.717) is 23.2 Å². The summed E-state index contributed by atoms with van der Waals surface area (Å²) in [6.07, 6.45) is 5.56. The Morgan fingerprint density at radius 2 is 1.82 bits per heavy atom. The van der Waals surface area contributed by atoms with E-state index in [1.165, 1.54) is 0 Å². The maximum atomic E-state index is 12.7. The summed E-state index contributed by atoms with van der Waals surface area (Å²) in [6.45, 7) is 4.91. The summed E-state index contributed by atoms with van der Waals surface area (Å²) >= 11 is 6.59. The molecule has 0 aliphatic heterocycles. The molecule has 4 aromatic rings. The van der Waals surface area contributed by atoms with Crippen molar-refractivity contribution in [3.05, 3.63) is 70.8 Å². The summed E-state index contributed by atoms with van der Waals surface area (Å²) in [5.41, 5.74) is 4.78. The molecule has 39 heavy (non-hydrogen) atoms. The van der Waals surface area contributed by atoms with E-state index >= 15 is 0 Å². The van der Waals surface area contributed by atoms with Crippen molar-refractivity contribution in [3.63, 3.8) is 0 Å². The van der Waals surface area contributed by atoms with E-state index < -0.39 is 0 Å². The van der Waals surface area contributed by atoms with Crippen molar-refractivity contribution >= 4 is 17.6 Å². The van der Waals surface area contributed by atoms with Gasteiger partial charge in [-0.1, -0.05) is 93.2 Å². The fourth-order valence-corrected chi connectivity index (χ4v) is 4.82. The van der Waals surface area contributed by atoms with Gasteiger partial charge in [0.2, 0.25) is 5.82 Å². The Bertz CT molecular complexity index is 1340. The van der Waals surface area contributed by atoms with E-state index in [0.717, 1.165) is 66.6 Å². The van der Waals surface area contributed by atoms with Crippen LogP contribution in [0, 0.1) is 0 Å². The molecule has 2 aromatic heterocycles. The first-order chi connectivity index (χ1) is 19.0. The number of unbranched alkanes of at least 4 members (excludes halogenated alkanes) is 2. The highest BCUT2D eigenvalue weighted by Crippen LogP contribution is 2.30. The fourth-order valence-electron chi connectivity index (χ4n) is 4.56. The van der Waals surface area contributed by atoms with Gasteiger partial charge in [-0.2, -0.15) is 5.21 Å². The number of aromatic amines is 1. The van der Waals surface area contributed by atoms with E-state index in [-0.39, 0.29) is 18.6 Å². The van der Waals surface area contributed by atoms with Crippen molar-refractivity contribution in [1.29, 1.82) is 0 Å². The Balaban J connectivity index is 1.55. The molecular weight excluding hydrogens is 514 g/mol. The second kappa shape index (κ2) is 14.0. The predicted molar refractivity (Wildman–Crippen MR) is 152 cm³/mol. The van der Waals surface area contributed by atoms with Crippen LogP contribution >= 0.6 is 11.6 Å². The summed E-state index contributed by atoms with van der Waals surface area (Å²) in [6, 6.07) is 16.0. The van der Waals surface area contributed by atoms with Crippen LogP contribution in [-0.4, -0.2) is 49.2 Å². The molecule has 0 aliphatic carbocycles. The first kappa shape index (κ1) is 28.4. The van der Waals surface area contributed by atoms with Crippen LogP contribution in [0.1, 0.15) is 63.0 Å². The van der Waals surface area contributed by atoms with E-state index in [4.69, 9.17) is 16.3 Å². The lowest BCUT2D eigenvalue weighted by Crippen LogP contribution is -2.35. The zero-order valence-corrected chi connectivity index (χ0v) is 23.5. The number of imidazole rings is 1. The molecule has 0 radical (unpaired) electrons. The Morgan fingerprint density at radius 1 is 1.08 bits per heavy atom. The summed E-state index contributed by atoms with van der Waals surface area (Å²) in [4.78, 5) is 17.4. The smallest absolute Gasteiger partial charge is 0.323 e. The number of aryl methyl sites for hydroxylation is 1. The van der Waals surface area contributed by atoms with Crippen LogP contribution in [0.2, 0.25) is 5.15 Å². The summed E-state index contributed by atoms with van der Waals surface area (Å²) in [5, 5.41) is 18.0. The molecule has 1 atom stereocenters. The molecule has 2 N–H and O–H groups in total. The number of tetrazole rings is 1. The maximum absolute atomic E-state index is 12.7. The van der Waals surface area contributed by atoms with Gasteiger partial charge in [0.05, 0.1) is 5.69 Å². The largest absolute Gasteiger partial charge is 0.458 e. The predicted octanol–water partition coefficient (Wildman–Crippen LogP) is 5.60. The normalized spacial score (nSPS) is 12.0. The summed E-state index contributed by atoms with van der Waals surface area (Å²) in [5.74, 6) is 1.18. The van der Waals surface area contributed by atoms with Gasteiger partial charge in [0.25, 0.3) is 0 Å². The van der Waals surface area contributed by atoms with E-state index in [1.54, 1.807) is 7.05 Å². The summed E-state index contributed by atoms with van der Waals surface area (Å²) in [7, 11) is 1.78.